The molecule has 0 spiro atoms. The zero-order valence-electron chi connectivity index (χ0n) is 8.05. The third-order valence-corrected chi connectivity index (χ3v) is 2.54. The fourth-order valence-electron chi connectivity index (χ4n) is 1.52. The van der Waals surface area contributed by atoms with E-state index in [-0.39, 0.29) is 5.56 Å². The van der Waals surface area contributed by atoms with Gasteiger partial charge in [-0.25, -0.2) is 4.98 Å². The van der Waals surface area contributed by atoms with Crippen molar-refractivity contribution in [2.75, 3.05) is 0 Å². The van der Waals surface area contributed by atoms with Crippen LogP contribution >= 0.6 is 0 Å². The summed E-state index contributed by atoms with van der Waals surface area (Å²) in [6, 6.07) is 0. The minimum absolute atomic E-state index is 0.0359. The third-order valence-electron chi connectivity index (χ3n) is 2.54. The molecule has 0 unspecified atom stereocenters. The number of aromatic nitrogens is 2. The zero-order chi connectivity index (χ0) is 9.42. The Balaban J connectivity index is 2.52. The van der Waals surface area contributed by atoms with Crippen molar-refractivity contribution in [3.8, 4) is 0 Å². The van der Waals surface area contributed by atoms with Crippen LogP contribution in [0.2, 0.25) is 0 Å². The van der Waals surface area contributed by atoms with Gasteiger partial charge in [0.25, 0.3) is 5.56 Å². The molecule has 3 nitrogen and oxygen atoms in total. The van der Waals surface area contributed by atoms with Crippen LogP contribution in [0.4, 0.5) is 0 Å². The lowest BCUT2D eigenvalue weighted by Crippen LogP contribution is -2.17. The number of nitrogens with zero attached hydrogens (tertiary/aromatic N) is 1. The predicted octanol–water partition coefficient (Wildman–Crippen LogP) is 1.52. The van der Waals surface area contributed by atoms with Crippen LogP contribution in [0.15, 0.2) is 4.79 Å². The normalized spacial score (nSPS) is 16.2. The molecule has 1 fully saturated rings. The first-order chi connectivity index (χ1) is 6.22. The second-order valence-corrected chi connectivity index (χ2v) is 3.65. The highest BCUT2D eigenvalue weighted by atomic mass is 16.1. The van der Waals surface area contributed by atoms with Crippen molar-refractivity contribution in [2.24, 2.45) is 0 Å². The number of aryl methyl sites for hydroxylation is 1. The summed E-state index contributed by atoms with van der Waals surface area (Å²) < 4.78 is 0. The number of nitrogens with one attached hydrogen (secondary N) is 1. The van der Waals surface area contributed by atoms with Gasteiger partial charge in [-0.2, -0.15) is 0 Å². The second kappa shape index (κ2) is 2.98. The van der Waals surface area contributed by atoms with E-state index in [0.717, 1.165) is 23.5 Å². The summed E-state index contributed by atoms with van der Waals surface area (Å²) in [6.07, 6.45) is 3.19. The van der Waals surface area contributed by atoms with Gasteiger partial charge in [0, 0.05) is 17.9 Å². The smallest absolute Gasteiger partial charge is 0.254 e. The van der Waals surface area contributed by atoms with Crippen LogP contribution in [0.1, 0.15) is 42.8 Å². The molecule has 0 amide bonds. The molecule has 0 bridgehead atoms. The Morgan fingerprint density at radius 2 is 2.23 bits per heavy atom. The van der Waals surface area contributed by atoms with Crippen LogP contribution in [0.25, 0.3) is 0 Å². The van der Waals surface area contributed by atoms with E-state index < -0.39 is 0 Å². The molecular formula is C10H14N2O. The molecule has 0 radical (unpaired) electrons. The van der Waals surface area contributed by atoms with Crippen LogP contribution in [0, 0.1) is 6.92 Å². The first-order valence-electron chi connectivity index (χ1n) is 4.82. The number of aromatic amines is 1. The molecule has 1 saturated carbocycles. The first-order valence-corrected chi connectivity index (χ1v) is 4.82. The van der Waals surface area contributed by atoms with Crippen molar-refractivity contribution >= 4 is 0 Å². The van der Waals surface area contributed by atoms with E-state index in [4.69, 9.17) is 0 Å². The van der Waals surface area contributed by atoms with E-state index >= 15 is 0 Å². The second-order valence-electron chi connectivity index (χ2n) is 3.65. The Morgan fingerprint density at radius 3 is 2.77 bits per heavy atom. The van der Waals surface area contributed by atoms with Gasteiger partial charge in [-0.15, -0.1) is 0 Å². The summed E-state index contributed by atoms with van der Waals surface area (Å²) in [4.78, 5) is 18.7. The molecule has 2 rings (SSSR count). The van der Waals surface area contributed by atoms with Crippen LogP contribution in [0.5, 0.6) is 0 Å². The van der Waals surface area contributed by atoms with Crippen LogP contribution in [-0.2, 0) is 6.42 Å². The lowest BCUT2D eigenvalue weighted by atomic mass is 10.2. The number of H-pyrrole nitrogens is 1. The predicted molar refractivity (Wildman–Crippen MR) is 50.9 cm³/mol. The quantitative estimate of drug-likeness (QED) is 0.746. The molecule has 70 valence electrons. The number of rotatable bonds is 2. The highest BCUT2D eigenvalue weighted by molar-refractivity contribution is 5.23. The van der Waals surface area contributed by atoms with Gasteiger partial charge in [0.1, 0.15) is 5.82 Å². The highest BCUT2D eigenvalue weighted by Gasteiger charge is 2.27. The van der Waals surface area contributed by atoms with Crippen LogP contribution < -0.4 is 5.56 Å². The fourth-order valence-corrected chi connectivity index (χ4v) is 1.52. The van der Waals surface area contributed by atoms with Crippen molar-refractivity contribution in [3.05, 3.63) is 27.4 Å². The Morgan fingerprint density at radius 1 is 1.54 bits per heavy atom. The van der Waals surface area contributed by atoms with E-state index in [1.165, 1.54) is 12.8 Å². The number of hydrogen-bond acceptors (Lipinski definition) is 2. The van der Waals surface area contributed by atoms with Gasteiger partial charge in [0.2, 0.25) is 0 Å². The van der Waals surface area contributed by atoms with Gasteiger partial charge < -0.3 is 4.98 Å². The summed E-state index contributed by atoms with van der Waals surface area (Å²) in [5.41, 5.74) is 1.87. The maximum atomic E-state index is 11.5. The monoisotopic (exact) mass is 178 g/mol. The van der Waals surface area contributed by atoms with E-state index in [1.54, 1.807) is 0 Å². The Labute approximate surface area is 77.2 Å². The number of hydrogen-bond donors (Lipinski definition) is 1. The third kappa shape index (κ3) is 1.50. The van der Waals surface area contributed by atoms with Crippen molar-refractivity contribution in [3.63, 3.8) is 0 Å². The highest BCUT2D eigenvalue weighted by Crippen LogP contribution is 2.39. The molecule has 3 heteroatoms. The minimum atomic E-state index is 0.0359. The summed E-state index contributed by atoms with van der Waals surface area (Å²) in [5.74, 6) is 1.38. The fraction of sp³-hybridized carbons (Fsp3) is 0.600. The molecule has 0 aromatic carbocycles. The molecule has 1 heterocycles. The maximum Gasteiger partial charge on any atom is 0.254 e. The van der Waals surface area contributed by atoms with Crippen molar-refractivity contribution in [1.82, 2.24) is 9.97 Å². The first kappa shape index (κ1) is 8.48. The molecule has 0 saturated heterocycles. The average Bonchev–Trinajstić information content (AvgIpc) is 2.92. The molecule has 1 aliphatic carbocycles. The Kier molecular flexibility index (Phi) is 1.94. The Bertz CT molecular complexity index is 377. The van der Waals surface area contributed by atoms with Crippen LogP contribution in [0.3, 0.4) is 0 Å². The molecule has 13 heavy (non-hydrogen) atoms. The van der Waals surface area contributed by atoms with Gasteiger partial charge >= 0.3 is 0 Å². The molecular weight excluding hydrogens is 164 g/mol. The molecule has 1 aromatic rings. The van der Waals surface area contributed by atoms with Crippen molar-refractivity contribution in [2.45, 2.75) is 39.0 Å². The largest absolute Gasteiger partial charge is 0.310 e. The molecule has 1 aliphatic rings. The summed E-state index contributed by atoms with van der Waals surface area (Å²) in [5, 5.41) is 0. The standard InChI is InChI=1S/C10H14N2O/c1-3-8-11-9(7-4-5-7)6(2)10(13)12-8/h7H,3-5H2,1-2H3,(H,11,12,13). The SMILES string of the molecule is CCc1nc(C2CC2)c(C)c(=O)[nH]1. The lowest BCUT2D eigenvalue weighted by Gasteiger charge is -2.04. The summed E-state index contributed by atoms with van der Waals surface area (Å²) in [7, 11) is 0. The Hall–Kier alpha value is -1.12. The van der Waals surface area contributed by atoms with Crippen molar-refractivity contribution in [1.29, 1.82) is 0 Å². The molecule has 1 N–H and O–H groups in total. The molecule has 1 aromatic heterocycles. The maximum absolute atomic E-state index is 11.5. The van der Waals surface area contributed by atoms with Gasteiger partial charge in [-0.1, -0.05) is 6.92 Å². The lowest BCUT2D eigenvalue weighted by molar-refractivity contribution is 0.848. The minimum Gasteiger partial charge on any atom is -0.310 e. The van der Waals surface area contributed by atoms with Gasteiger partial charge in [-0.3, -0.25) is 4.79 Å². The molecule has 0 atom stereocenters. The van der Waals surface area contributed by atoms with Gasteiger partial charge in [-0.05, 0) is 19.8 Å². The van der Waals surface area contributed by atoms with Gasteiger partial charge in [0.05, 0.1) is 5.69 Å². The van der Waals surface area contributed by atoms with E-state index in [1.807, 2.05) is 13.8 Å². The average molecular weight is 178 g/mol. The summed E-state index contributed by atoms with van der Waals surface area (Å²) >= 11 is 0. The van der Waals surface area contributed by atoms with E-state index in [9.17, 15) is 4.79 Å². The van der Waals surface area contributed by atoms with E-state index in [0.29, 0.717) is 5.92 Å². The summed E-state index contributed by atoms with van der Waals surface area (Å²) in [6.45, 7) is 3.86. The van der Waals surface area contributed by atoms with Crippen LogP contribution in [-0.4, -0.2) is 9.97 Å². The van der Waals surface area contributed by atoms with Gasteiger partial charge in [0.15, 0.2) is 0 Å². The zero-order valence-corrected chi connectivity index (χ0v) is 8.05. The van der Waals surface area contributed by atoms with Crippen molar-refractivity contribution < 1.29 is 0 Å². The van der Waals surface area contributed by atoms with E-state index in [2.05, 4.69) is 9.97 Å². The molecule has 0 aliphatic heterocycles. The topological polar surface area (TPSA) is 45.8 Å².